The largest absolute Gasteiger partial charge is 0.346 e. The molecule has 2 unspecified atom stereocenters. The number of nitrogens with two attached hydrogens (primary N) is 1. The SMILES string of the molecule is CC(CC(=O)NC(C)(CN)c1ccccc1)CC(C)(C)C. The van der Waals surface area contributed by atoms with E-state index in [1.54, 1.807) is 0 Å². The second kappa shape index (κ2) is 7.08. The van der Waals surface area contributed by atoms with Crippen molar-refractivity contribution < 1.29 is 4.79 Å². The fourth-order valence-electron chi connectivity index (χ4n) is 2.84. The van der Waals surface area contributed by atoms with E-state index < -0.39 is 5.54 Å². The maximum Gasteiger partial charge on any atom is 0.220 e. The van der Waals surface area contributed by atoms with Crippen LogP contribution in [0, 0.1) is 11.3 Å². The smallest absolute Gasteiger partial charge is 0.220 e. The van der Waals surface area contributed by atoms with Gasteiger partial charge in [0.25, 0.3) is 0 Å². The molecule has 118 valence electrons. The Balaban J connectivity index is 2.67. The molecule has 0 saturated heterocycles. The Morgan fingerprint density at radius 3 is 2.24 bits per heavy atom. The van der Waals surface area contributed by atoms with Gasteiger partial charge in [-0.1, -0.05) is 58.0 Å². The molecule has 1 aromatic carbocycles. The Labute approximate surface area is 129 Å². The lowest BCUT2D eigenvalue weighted by Crippen LogP contribution is -2.49. The lowest BCUT2D eigenvalue weighted by atomic mass is 9.84. The van der Waals surface area contributed by atoms with Gasteiger partial charge in [0.05, 0.1) is 5.54 Å². The quantitative estimate of drug-likeness (QED) is 0.843. The van der Waals surface area contributed by atoms with Crippen LogP contribution >= 0.6 is 0 Å². The van der Waals surface area contributed by atoms with E-state index >= 15 is 0 Å². The van der Waals surface area contributed by atoms with Gasteiger partial charge < -0.3 is 11.1 Å². The third-order valence-electron chi connectivity index (χ3n) is 3.73. The van der Waals surface area contributed by atoms with E-state index in [0.717, 1.165) is 12.0 Å². The number of carbonyl (C=O) groups is 1. The molecule has 0 aliphatic rings. The van der Waals surface area contributed by atoms with Gasteiger partial charge in [0.2, 0.25) is 5.91 Å². The molecule has 0 fully saturated rings. The van der Waals surface area contributed by atoms with Gasteiger partial charge in [-0.15, -0.1) is 0 Å². The predicted molar refractivity (Wildman–Crippen MR) is 88.8 cm³/mol. The first kappa shape index (κ1) is 17.7. The molecule has 2 atom stereocenters. The Morgan fingerprint density at radius 1 is 1.19 bits per heavy atom. The van der Waals surface area contributed by atoms with Gasteiger partial charge in [-0.25, -0.2) is 0 Å². The molecule has 0 aliphatic heterocycles. The van der Waals surface area contributed by atoms with Crippen molar-refractivity contribution in [1.82, 2.24) is 5.32 Å². The zero-order chi connectivity index (χ0) is 16.1. The minimum absolute atomic E-state index is 0.0727. The highest BCUT2D eigenvalue weighted by Gasteiger charge is 2.27. The average molecular weight is 290 g/mol. The maximum absolute atomic E-state index is 12.3. The van der Waals surface area contributed by atoms with Gasteiger partial charge in [0.15, 0.2) is 0 Å². The van der Waals surface area contributed by atoms with Crippen molar-refractivity contribution in [3.8, 4) is 0 Å². The Bertz CT molecular complexity index is 450. The second-order valence-corrected chi connectivity index (χ2v) is 7.52. The Hall–Kier alpha value is -1.35. The van der Waals surface area contributed by atoms with Crippen LogP contribution in [0.4, 0.5) is 0 Å². The predicted octanol–water partition coefficient (Wildman–Crippen LogP) is 3.44. The summed E-state index contributed by atoms with van der Waals surface area (Å²) in [5.74, 6) is 0.436. The molecule has 0 saturated carbocycles. The van der Waals surface area contributed by atoms with Crippen molar-refractivity contribution in [3.63, 3.8) is 0 Å². The first-order valence-electron chi connectivity index (χ1n) is 7.73. The Kier molecular flexibility index (Phi) is 5.97. The summed E-state index contributed by atoms with van der Waals surface area (Å²) in [7, 11) is 0. The standard InChI is InChI=1S/C18H30N2O/c1-14(12-17(2,3)4)11-16(21)20-18(5,13-19)15-9-7-6-8-10-15/h6-10,14H,11-13,19H2,1-5H3,(H,20,21). The highest BCUT2D eigenvalue weighted by atomic mass is 16.1. The second-order valence-electron chi connectivity index (χ2n) is 7.52. The lowest BCUT2D eigenvalue weighted by Gasteiger charge is -2.31. The van der Waals surface area contributed by atoms with Gasteiger partial charge in [-0.2, -0.15) is 0 Å². The molecule has 1 aromatic rings. The van der Waals surface area contributed by atoms with Crippen molar-refractivity contribution in [1.29, 1.82) is 0 Å². The molecule has 0 aromatic heterocycles. The summed E-state index contributed by atoms with van der Waals surface area (Å²) in [6.45, 7) is 11.1. The third kappa shape index (κ3) is 5.88. The molecular weight excluding hydrogens is 260 g/mol. The molecular formula is C18H30N2O. The van der Waals surface area contributed by atoms with Gasteiger partial charge in [0.1, 0.15) is 0 Å². The molecule has 1 rings (SSSR count). The van der Waals surface area contributed by atoms with Gasteiger partial charge in [-0.3, -0.25) is 4.79 Å². The molecule has 0 bridgehead atoms. The average Bonchev–Trinajstić information content (AvgIpc) is 2.37. The van der Waals surface area contributed by atoms with E-state index in [0.29, 0.717) is 18.9 Å². The van der Waals surface area contributed by atoms with E-state index in [9.17, 15) is 4.79 Å². The van der Waals surface area contributed by atoms with E-state index in [2.05, 4.69) is 33.0 Å². The fraction of sp³-hybridized carbons (Fsp3) is 0.611. The minimum Gasteiger partial charge on any atom is -0.346 e. The monoisotopic (exact) mass is 290 g/mol. The van der Waals surface area contributed by atoms with Crippen LogP contribution in [-0.4, -0.2) is 12.5 Å². The molecule has 21 heavy (non-hydrogen) atoms. The highest BCUT2D eigenvalue weighted by Crippen LogP contribution is 2.26. The zero-order valence-corrected chi connectivity index (χ0v) is 14.1. The summed E-state index contributed by atoms with van der Waals surface area (Å²) in [6.07, 6.45) is 1.57. The van der Waals surface area contributed by atoms with Crippen LogP contribution in [0.2, 0.25) is 0 Å². The van der Waals surface area contributed by atoms with E-state index in [1.165, 1.54) is 0 Å². The van der Waals surface area contributed by atoms with Crippen LogP contribution in [0.15, 0.2) is 30.3 Å². The molecule has 1 amide bonds. The van der Waals surface area contributed by atoms with Gasteiger partial charge in [0, 0.05) is 13.0 Å². The van der Waals surface area contributed by atoms with Crippen LogP contribution in [0.5, 0.6) is 0 Å². The topological polar surface area (TPSA) is 55.1 Å². The Morgan fingerprint density at radius 2 is 1.76 bits per heavy atom. The maximum atomic E-state index is 12.3. The summed E-state index contributed by atoms with van der Waals surface area (Å²) >= 11 is 0. The number of rotatable bonds is 6. The molecule has 3 N–H and O–H groups in total. The van der Waals surface area contributed by atoms with Crippen LogP contribution in [-0.2, 0) is 10.3 Å². The number of benzene rings is 1. The fourth-order valence-corrected chi connectivity index (χ4v) is 2.84. The van der Waals surface area contributed by atoms with Crippen LogP contribution in [0.1, 0.15) is 53.0 Å². The lowest BCUT2D eigenvalue weighted by molar-refractivity contribution is -0.123. The number of carbonyl (C=O) groups excluding carboxylic acids is 1. The minimum atomic E-state index is -0.500. The van der Waals surface area contributed by atoms with E-state index in [4.69, 9.17) is 5.73 Å². The van der Waals surface area contributed by atoms with Crippen LogP contribution < -0.4 is 11.1 Å². The number of hydrogen-bond acceptors (Lipinski definition) is 2. The number of amides is 1. The van der Waals surface area contributed by atoms with Crippen LogP contribution in [0.25, 0.3) is 0 Å². The summed E-state index contributed by atoms with van der Waals surface area (Å²) in [5, 5.41) is 3.11. The summed E-state index contributed by atoms with van der Waals surface area (Å²) < 4.78 is 0. The zero-order valence-electron chi connectivity index (χ0n) is 14.1. The molecule has 3 heteroatoms. The molecule has 3 nitrogen and oxygen atoms in total. The van der Waals surface area contributed by atoms with Crippen molar-refractivity contribution in [2.24, 2.45) is 17.1 Å². The number of nitrogens with one attached hydrogen (secondary N) is 1. The van der Waals surface area contributed by atoms with Crippen molar-refractivity contribution in [2.75, 3.05) is 6.54 Å². The van der Waals surface area contributed by atoms with Crippen molar-refractivity contribution in [2.45, 2.75) is 53.0 Å². The number of hydrogen-bond donors (Lipinski definition) is 2. The van der Waals surface area contributed by atoms with Gasteiger partial charge in [-0.05, 0) is 30.2 Å². The first-order chi connectivity index (χ1) is 9.66. The normalized spacial score (nSPS) is 16.1. The summed E-state index contributed by atoms with van der Waals surface area (Å²) in [4.78, 5) is 12.3. The third-order valence-corrected chi connectivity index (χ3v) is 3.73. The van der Waals surface area contributed by atoms with Crippen molar-refractivity contribution in [3.05, 3.63) is 35.9 Å². The van der Waals surface area contributed by atoms with E-state index in [-0.39, 0.29) is 11.3 Å². The molecule has 0 spiro atoms. The van der Waals surface area contributed by atoms with E-state index in [1.807, 2.05) is 37.3 Å². The molecule has 0 aliphatic carbocycles. The van der Waals surface area contributed by atoms with Crippen molar-refractivity contribution >= 4 is 5.91 Å². The summed E-state index contributed by atoms with van der Waals surface area (Å²) in [6, 6.07) is 9.92. The molecule has 0 heterocycles. The first-order valence-corrected chi connectivity index (χ1v) is 7.73. The molecule has 0 radical (unpaired) electrons. The summed E-state index contributed by atoms with van der Waals surface area (Å²) in [5.41, 5.74) is 6.70. The highest BCUT2D eigenvalue weighted by molar-refractivity contribution is 5.77. The van der Waals surface area contributed by atoms with Gasteiger partial charge >= 0.3 is 0 Å². The van der Waals surface area contributed by atoms with Crippen LogP contribution in [0.3, 0.4) is 0 Å².